The van der Waals surface area contributed by atoms with Gasteiger partial charge in [0.2, 0.25) is 0 Å². The van der Waals surface area contributed by atoms with Gasteiger partial charge in [-0.15, -0.1) is 11.3 Å². The second-order valence-corrected chi connectivity index (χ2v) is 5.25. The third kappa shape index (κ3) is 2.60. The molecule has 0 aromatic carbocycles. The first-order valence-electron chi connectivity index (χ1n) is 4.68. The molecule has 0 amide bonds. The van der Waals surface area contributed by atoms with E-state index in [4.69, 9.17) is 5.26 Å². The number of thiazole rings is 1. The summed E-state index contributed by atoms with van der Waals surface area (Å²) in [5, 5.41) is 10.9. The number of hydrogen-bond donors (Lipinski definition) is 0. The standard InChI is InChI=1S/C11H9N3S2/c1-8-6-15-11(14-8)16-7-9-3-2-4-13-10(9)5-12/h2-4,6H,7H2,1H3. The van der Waals surface area contributed by atoms with Crippen molar-refractivity contribution in [3.63, 3.8) is 0 Å². The summed E-state index contributed by atoms with van der Waals surface area (Å²) in [6.07, 6.45) is 1.64. The molecular formula is C11H9N3S2. The Kier molecular flexibility index (Phi) is 3.54. The maximum absolute atomic E-state index is 8.88. The second kappa shape index (κ2) is 5.10. The zero-order valence-electron chi connectivity index (χ0n) is 8.67. The second-order valence-electron chi connectivity index (χ2n) is 3.17. The Morgan fingerprint density at radius 3 is 3.12 bits per heavy atom. The Balaban J connectivity index is 2.08. The van der Waals surface area contributed by atoms with Gasteiger partial charge in [-0.05, 0) is 18.6 Å². The molecule has 16 heavy (non-hydrogen) atoms. The quantitative estimate of drug-likeness (QED) is 0.782. The maximum Gasteiger partial charge on any atom is 0.150 e. The SMILES string of the molecule is Cc1csc(SCc2cccnc2C#N)n1. The normalized spacial score (nSPS) is 10.0. The van der Waals surface area contributed by atoms with Crippen molar-refractivity contribution in [2.75, 3.05) is 0 Å². The van der Waals surface area contributed by atoms with Gasteiger partial charge in [0.1, 0.15) is 16.1 Å². The Morgan fingerprint density at radius 2 is 2.44 bits per heavy atom. The van der Waals surface area contributed by atoms with Gasteiger partial charge in [-0.25, -0.2) is 9.97 Å². The fourth-order valence-electron chi connectivity index (χ4n) is 1.19. The Hall–Kier alpha value is -1.38. The molecule has 0 aliphatic heterocycles. The summed E-state index contributed by atoms with van der Waals surface area (Å²) >= 11 is 3.27. The molecule has 80 valence electrons. The van der Waals surface area contributed by atoms with Crippen molar-refractivity contribution in [3.05, 3.63) is 40.7 Å². The van der Waals surface area contributed by atoms with E-state index in [1.807, 2.05) is 24.4 Å². The minimum absolute atomic E-state index is 0.503. The number of nitrogens with zero attached hydrogens (tertiary/aromatic N) is 3. The fourth-order valence-corrected chi connectivity index (χ4v) is 3.03. The summed E-state index contributed by atoms with van der Waals surface area (Å²) in [5.74, 6) is 0.740. The van der Waals surface area contributed by atoms with Crippen LogP contribution < -0.4 is 0 Å². The van der Waals surface area contributed by atoms with Gasteiger partial charge in [0.05, 0.1) is 0 Å². The number of aromatic nitrogens is 2. The van der Waals surface area contributed by atoms with Crippen LogP contribution in [0.2, 0.25) is 0 Å². The van der Waals surface area contributed by atoms with Crippen LogP contribution in [0.15, 0.2) is 28.0 Å². The number of nitriles is 1. The van der Waals surface area contributed by atoms with Gasteiger partial charge < -0.3 is 0 Å². The highest BCUT2D eigenvalue weighted by atomic mass is 32.2. The molecule has 0 fully saturated rings. The van der Waals surface area contributed by atoms with Crippen molar-refractivity contribution in [2.24, 2.45) is 0 Å². The summed E-state index contributed by atoms with van der Waals surface area (Å²) < 4.78 is 1.03. The largest absolute Gasteiger partial charge is 0.245 e. The zero-order chi connectivity index (χ0) is 11.4. The van der Waals surface area contributed by atoms with Crippen LogP contribution in [0.3, 0.4) is 0 Å². The first kappa shape index (κ1) is 11.1. The van der Waals surface area contributed by atoms with Gasteiger partial charge in [0.15, 0.2) is 0 Å². The molecule has 2 aromatic heterocycles. The average Bonchev–Trinajstić information content (AvgIpc) is 2.73. The molecule has 0 aliphatic carbocycles. The third-order valence-corrected chi connectivity index (χ3v) is 4.13. The lowest BCUT2D eigenvalue weighted by Gasteiger charge is -2.00. The zero-order valence-corrected chi connectivity index (χ0v) is 10.3. The number of hydrogen-bond acceptors (Lipinski definition) is 5. The van der Waals surface area contributed by atoms with Crippen LogP contribution in [0, 0.1) is 18.3 Å². The van der Waals surface area contributed by atoms with Crippen molar-refractivity contribution in [1.82, 2.24) is 9.97 Å². The summed E-state index contributed by atoms with van der Waals surface area (Å²) in [4.78, 5) is 8.38. The van der Waals surface area contributed by atoms with E-state index in [0.717, 1.165) is 21.3 Å². The molecule has 0 bridgehead atoms. The van der Waals surface area contributed by atoms with E-state index in [-0.39, 0.29) is 0 Å². The van der Waals surface area contributed by atoms with Crippen LogP contribution in [0.25, 0.3) is 0 Å². The molecule has 2 heterocycles. The van der Waals surface area contributed by atoms with Gasteiger partial charge in [-0.3, -0.25) is 0 Å². The molecule has 0 N–H and O–H groups in total. The minimum Gasteiger partial charge on any atom is -0.245 e. The van der Waals surface area contributed by atoms with Crippen molar-refractivity contribution in [3.8, 4) is 6.07 Å². The molecule has 5 heteroatoms. The lowest BCUT2D eigenvalue weighted by atomic mass is 10.2. The van der Waals surface area contributed by atoms with E-state index in [2.05, 4.69) is 16.0 Å². The van der Waals surface area contributed by atoms with Gasteiger partial charge in [-0.1, -0.05) is 17.8 Å². The Morgan fingerprint density at radius 1 is 1.56 bits per heavy atom. The van der Waals surface area contributed by atoms with E-state index in [1.54, 1.807) is 29.3 Å². The van der Waals surface area contributed by atoms with Crippen LogP contribution in [0.4, 0.5) is 0 Å². The summed E-state index contributed by atoms with van der Waals surface area (Å²) in [5.41, 5.74) is 2.50. The molecule has 0 saturated carbocycles. The molecule has 2 rings (SSSR count). The highest BCUT2D eigenvalue weighted by Gasteiger charge is 2.05. The first-order valence-corrected chi connectivity index (χ1v) is 6.55. The minimum atomic E-state index is 0.503. The van der Waals surface area contributed by atoms with E-state index in [9.17, 15) is 0 Å². The van der Waals surface area contributed by atoms with E-state index in [1.165, 1.54) is 0 Å². The predicted octanol–water partition coefficient (Wildman–Crippen LogP) is 3.01. The van der Waals surface area contributed by atoms with Crippen molar-refractivity contribution in [2.45, 2.75) is 17.0 Å². The van der Waals surface area contributed by atoms with E-state index < -0.39 is 0 Å². The van der Waals surface area contributed by atoms with Crippen molar-refractivity contribution < 1.29 is 0 Å². The van der Waals surface area contributed by atoms with Crippen LogP contribution in [-0.4, -0.2) is 9.97 Å². The van der Waals surface area contributed by atoms with Gasteiger partial charge in [0, 0.05) is 23.0 Å². The number of pyridine rings is 1. The monoisotopic (exact) mass is 247 g/mol. The molecule has 2 aromatic rings. The Bertz CT molecular complexity index is 528. The molecule has 3 nitrogen and oxygen atoms in total. The molecule has 0 saturated heterocycles. The molecule has 0 unspecified atom stereocenters. The van der Waals surface area contributed by atoms with Crippen LogP contribution in [0.5, 0.6) is 0 Å². The molecule has 0 atom stereocenters. The fraction of sp³-hybridized carbons (Fsp3) is 0.182. The summed E-state index contributed by atoms with van der Waals surface area (Å²) in [6.45, 7) is 1.98. The molecule has 0 spiro atoms. The molecular weight excluding hydrogens is 238 g/mol. The first-order chi connectivity index (χ1) is 7.79. The average molecular weight is 247 g/mol. The van der Waals surface area contributed by atoms with E-state index in [0.29, 0.717) is 5.69 Å². The van der Waals surface area contributed by atoms with Crippen LogP contribution in [0.1, 0.15) is 17.0 Å². The smallest absolute Gasteiger partial charge is 0.150 e. The Labute approximate surface area is 102 Å². The highest BCUT2D eigenvalue weighted by Crippen LogP contribution is 2.26. The number of thioether (sulfide) groups is 1. The van der Waals surface area contributed by atoms with Gasteiger partial charge in [0.25, 0.3) is 0 Å². The summed E-state index contributed by atoms with van der Waals surface area (Å²) in [6, 6.07) is 5.88. The highest BCUT2D eigenvalue weighted by molar-refractivity contribution is 8.00. The number of rotatable bonds is 3. The number of aryl methyl sites for hydroxylation is 1. The van der Waals surface area contributed by atoms with Crippen LogP contribution >= 0.6 is 23.1 Å². The third-order valence-electron chi connectivity index (χ3n) is 1.95. The maximum atomic E-state index is 8.88. The lowest BCUT2D eigenvalue weighted by Crippen LogP contribution is -1.90. The van der Waals surface area contributed by atoms with Gasteiger partial charge in [-0.2, -0.15) is 5.26 Å². The topological polar surface area (TPSA) is 49.6 Å². The van der Waals surface area contributed by atoms with Crippen molar-refractivity contribution >= 4 is 23.1 Å². The summed E-state index contributed by atoms with van der Waals surface area (Å²) in [7, 11) is 0. The van der Waals surface area contributed by atoms with E-state index >= 15 is 0 Å². The molecule has 0 radical (unpaired) electrons. The van der Waals surface area contributed by atoms with Crippen molar-refractivity contribution in [1.29, 1.82) is 5.26 Å². The lowest BCUT2D eigenvalue weighted by molar-refractivity contribution is 1.15. The predicted molar refractivity (Wildman–Crippen MR) is 65.4 cm³/mol. The van der Waals surface area contributed by atoms with Gasteiger partial charge >= 0.3 is 0 Å². The molecule has 0 aliphatic rings. The van der Waals surface area contributed by atoms with Crippen LogP contribution in [-0.2, 0) is 5.75 Å².